The smallest absolute Gasteiger partial charge is 0.163 e. The number of nitrogens with zero attached hydrogens (tertiary/aromatic N) is 1. The van der Waals surface area contributed by atoms with Crippen molar-refractivity contribution in [2.75, 3.05) is 19.8 Å². The summed E-state index contributed by atoms with van der Waals surface area (Å²) in [4.78, 5) is 0. The molecule has 4 heteroatoms. The van der Waals surface area contributed by atoms with Crippen molar-refractivity contribution in [3.8, 4) is 11.5 Å². The van der Waals surface area contributed by atoms with Gasteiger partial charge in [-0.1, -0.05) is 0 Å². The topological polar surface area (TPSA) is 43.6 Å². The van der Waals surface area contributed by atoms with E-state index < -0.39 is 0 Å². The van der Waals surface area contributed by atoms with E-state index in [1.165, 1.54) is 0 Å². The van der Waals surface area contributed by atoms with Crippen molar-refractivity contribution in [2.45, 2.75) is 26.8 Å². The Kier molecular flexibility index (Phi) is 4.68. The molecule has 1 aromatic heterocycles. The van der Waals surface area contributed by atoms with Gasteiger partial charge in [-0.2, -0.15) is 0 Å². The van der Waals surface area contributed by atoms with E-state index in [0.29, 0.717) is 13.2 Å². The normalized spacial score (nSPS) is 10.9. The number of benzene rings is 1. The predicted molar refractivity (Wildman–Crippen MR) is 76.0 cm³/mol. The maximum absolute atomic E-state index is 8.93. The quantitative estimate of drug-likeness (QED) is 0.835. The molecule has 0 aliphatic rings. The first-order valence-corrected chi connectivity index (χ1v) is 6.79. The maximum atomic E-state index is 8.93. The molecule has 0 aliphatic carbocycles. The minimum atomic E-state index is 0.203. The number of fused-ring (bicyclic) bond motifs is 1. The van der Waals surface area contributed by atoms with Crippen molar-refractivity contribution in [1.29, 1.82) is 0 Å². The van der Waals surface area contributed by atoms with Crippen LogP contribution in [-0.4, -0.2) is 29.5 Å². The van der Waals surface area contributed by atoms with Gasteiger partial charge in [0.05, 0.1) is 18.7 Å². The van der Waals surface area contributed by atoms with Crippen LogP contribution in [0.25, 0.3) is 10.9 Å². The summed E-state index contributed by atoms with van der Waals surface area (Å²) in [6.45, 7) is 6.17. The van der Waals surface area contributed by atoms with Gasteiger partial charge in [0.2, 0.25) is 0 Å². The highest BCUT2D eigenvalue weighted by molar-refractivity contribution is 5.84. The Morgan fingerprint density at radius 3 is 2.42 bits per heavy atom. The number of aromatic nitrogens is 1. The van der Waals surface area contributed by atoms with Gasteiger partial charge in [0.15, 0.2) is 11.5 Å². The first-order valence-electron chi connectivity index (χ1n) is 6.79. The Hall–Kier alpha value is -1.68. The predicted octanol–water partition coefficient (Wildman–Crippen LogP) is 2.82. The number of hydrogen-bond acceptors (Lipinski definition) is 3. The van der Waals surface area contributed by atoms with Crippen LogP contribution in [0.2, 0.25) is 0 Å². The lowest BCUT2D eigenvalue weighted by molar-refractivity contribution is 0.280. The van der Waals surface area contributed by atoms with Gasteiger partial charge < -0.3 is 19.1 Å². The second-order valence-electron chi connectivity index (χ2n) is 4.31. The van der Waals surface area contributed by atoms with Crippen molar-refractivity contribution in [3.05, 3.63) is 24.4 Å². The summed E-state index contributed by atoms with van der Waals surface area (Å²) in [7, 11) is 0. The largest absolute Gasteiger partial charge is 0.490 e. The molecular weight excluding hydrogens is 242 g/mol. The summed E-state index contributed by atoms with van der Waals surface area (Å²) in [5.74, 6) is 1.57. The van der Waals surface area contributed by atoms with Crippen LogP contribution in [0.3, 0.4) is 0 Å². The number of hydrogen-bond donors (Lipinski definition) is 1. The Morgan fingerprint density at radius 1 is 1.11 bits per heavy atom. The van der Waals surface area contributed by atoms with E-state index >= 15 is 0 Å². The first-order chi connectivity index (χ1) is 9.30. The summed E-state index contributed by atoms with van der Waals surface area (Å²) in [6, 6.07) is 6.09. The van der Waals surface area contributed by atoms with Crippen molar-refractivity contribution < 1.29 is 14.6 Å². The van der Waals surface area contributed by atoms with Crippen molar-refractivity contribution in [3.63, 3.8) is 0 Å². The second-order valence-corrected chi connectivity index (χ2v) is 4.31. The van der Waals surface area contributed by atoms with Crippen LogP contribution in [0.4, 0.5) is 0 Å². The minimum Gasteiger partial charge on any atom is -0.490 e. The number of aryl methyl sites for hydroxylation is 1. The highest BCUT2D eigenvalue weighted by Gasteiger charge is 2.10. The average molecular weight is 263 g/mol. The zero-order valence-electron chi connectivity index (χ0n) is 11.6. The zero-order chi connectivity index (χ0) is 13.7. The number of ether oxygens (including phenoxy) is 2. The van der Waals surface area contributed by atoms with E-state index in [-0.39, 0.29) is 6.61 Å². The van der Waals surface area contributed by atoms with Crippen LogP contribution >= 0.6 is 0 Å². The molecule has 0 saturated heterocycles. The number of rotatable bonds is 7. The summed E-state index contributed by atoms with van der Waals surface area (Å²) in [5.41, 5.74) is 1.11. The Bertz CT molecular complexity index is 533. The van der Waals surface area contributed by atoms with Gasteiger partial charge in [0.25, 0.3) is 0 Å². The summed E-state index contributed by atoms with van der Waals surface area (Å²) in [6.07, 6.45) is 2.78. The molecule has 19 heavy (non-hydrogen) atoms. The average Bonchev–Trinajstić information content (AvgIpc) is 2.79. The lowest BCUT2D eigenvalue weighted by atomic mass is 10.2. The molecule has 0 fully saturated rings. The minimum absolute atomic E-state index is 0.203. The summed E-state index contributed by atoms with van der Waals surface area (Å²) < 4.78 is 13.4. The molecule has 4 nitrogen and oxygen atoms in total. The Labute approximate surface area is 113 Å². The fourth-order valence-corrected chi connectivity index (χ4v) is 2.17. The van der Waals surface area contributed by atoms with Crippen molar-refractivity contribution >= 4 is 10.9 Å². The SMILES string of the molecule is CCOc1cc2ccn(CCCO)c2cc1OCC. The fourth-order valence-electron chi connectivity index (χ4n) is 2.17. The molecule has 1 heterocycles. The number of aliphatic hydroxyl groups is 1. The molecule has 1 N–H and O–H groups in total. The molecule has 0 spiro atoms. The third kappa shape index (κ3) is 3.01. The molecule has 0 atom stereocenters. The van der Waals surface area contributed by atoms with E-state index in [1.807, 2.05) is 32.2 Å². The highest BCUT2D eigenvalue weighted by atomic mass is 16.5. The lowest BCUT2D eigenvalue weighted by Gasteiger charge is -2.12. The van der Waals surface area contributed by atoms with E-state index in [4.69, 9.17) is 14.6 Å². The van der Waals surface area contributed by atoms with Gasteiger partial charge in [-0.25, -0.2) is 0 Å². The standard InChI is InChI=1S/C15H21NO3/c1-3-18-14-10-12-6-8-16(7-5-9-17)13(12)11-15(14)19-4-2/h6,8,10-11,17H,3-5,7,9H2,1-2H3. The van der Waals surface area contributed by atoms with Crippen molar-refractivity contribution in [1.82, 2.24) is 4.57 Å². The maximum Gasteiger partial charge on any atom is 0.163 e. The molecule has 0 saturated carbocycles. The first kappa shape index (κ1) is 13.7. The zero-order valence-corrected chi connectivity index (χ0v) is 11.6. The summed E-state index contributed by atoms with van der Waals surface area (Å²) in [5, 5.41) is 10.1. The molecule has 2 aromatic rings. The molecule has 1 aromatic carbocycles. The van der Waals surface area contributed by atoms with E-state index in [0.717, 1.165) is 35.4 Å². The molecule has 0 amide bonds. The molecular formula is C15H21NO3. The van der Waals surface area contributed by atoms with Gasteiger partial charge in [-0.3, -0.25) is 0 Å². The van der Waals surface area contributed by atoms with E-state index in [1.54, 1.807) is 0 Å². The number of aliphatic hydroxyl groups excluding tert-OH is 1. The van der Waals surface area contributed by atoms with E-state index in [9.17, 15) is 0 Å². The molecule has 104 valence electrons. The van der Waals surface area contributed by atoms with Gasteiger partial charge in [-0.05, 0) is 32.4 Å². The van der Waals surface area contributed by atoms with Gasteiger partial charge in [0.1, 0.15) is 0 Å². The van der Waals surface area contributed by atoms with Gasteiger partial charge in [0, 0.05) is 30.8 Å². The third-order valence-corrected chi connectivity index (χ3v) is 2.99. The Morgan fingerprint density at radius 2 is 1.79 bits per heavy atom. The molecule has 0 aliphatic heterocycles. The molecule has 0 radical (unpaired) electrons. The molecule has 0 unspecified atom stereocenters. The van der Waals surface area contributed by atoms with Crippen LogP contribution in [0, 0.1) is 0 Å². The van der Waals surface area contributed by atoms with Crippen LogP contribution in [0.5, 0.6) is 11.5 Å². The van der Waals surface area contributed by atoms with Gasteiger partial charge >= 0.3 is 0 Å². The van der Waals surface area contributed by atoms with E-state index in [2.05, 4.69) is 10.6 Å². The van der Waals surface area contributed by atoms with Gasteiger partial charge in [-0.15, -0.1) is 0 Å². The van der Waals surface area contributed by atoms with Crippen molar-refractivity contribution in [2.24, 2.45) is 0 Å². The molecule has 2 rings (SSSR count). The molecule has 0 bridgehead atoms. The highest BCUT2D eigenvalue weighted by Crippen LogP contribution is 2.33. The monoisotopic (exact) mass is 263 g/mol. The third-order valence-electron chi connectivity index (χ3n) is 2.99. The van der Waals surface area contributed by atoms with Crippen LogP contribution in [0.1, 0.15) is 20.3 Å². The fraction of sp³-hybridized carbons (Fsp3) is 0.467. The Balaban J connectivity index is 2.40. The second kappa shape index (κ2) is 6.48. The van der Waals surface area contributed by atoms with Crippen LogP contribution in [0.15, 0.2) is 24.4 Å². The lowest BCUT2D eigenvalue weighted by Crippen LogP contribution is -2.01. The van der Waals surface area contributed by atoms with Crippen LogP contribution in [-0.2, 0) is 6.54 Å². The summed E-state index contributed by atoms with van der Waals surface area (Å²) >= 11 is 0. The van der Waals surface area contributed by atoms with Crippen LogP contribution < -0.4 is 9.47 Å².